The molecule has 1 atom stereocenters. The molecule has 0 spiro atoms. The normalized spacial score (nSPS) is 14.0. The van der Waals surface area contributed by atoms with E-state index in [9.17, 15) is 13.2 Å². The maximum atomic E-state index is 12.5. The fraction of sp³-hybridized carbons (Fsp3) is 0.400. The standard InChI is InChI=1S/C10H13F3N2/c1-6-7(9(15)5-14)3-2-4-8(6)10(11,12)13/h2-4,9H,5,14-15H2,1H3/t9-/m1/s1. The van der Waals surface area contributed by atoms with Crippen molar-refractivity contribution >= 4 is 0 Å². The van der Waals surface area contributed by atoms with E-state index in [1.54, 1.807) is 6.07 Å². The zero-order valence-corrected chi connectivity index (χ0v) is 8.31. The van der Waals surface area contributed by atoms with Crippen molar-refractivity contribution in [2.45, 2.75) is 19.1 Å². The third-order valence-electron chi connectivity index (χ3n) is 2.33. The summed E-state index contributed by atoms with van der Waals surface area (Å²) in [6.45, 7) is 1.54. The molecule has 84 valence electrons. The molecule has 0 heterocycles. The fourth-order valence-electron chi connectivity index (χ4n) is 1.49. The number of benzene rings is 1. The van der Waals surface area contributed by atoms with Gasteiger partial charge in [-0.05, 0) is 24.1 Å². The van der Waals surface area contributed by atoms with Crippen molar-refractivity contribution in [3.8, 4) is 0 Å². The second kappa shape index (κ2) is 4.20. The first-order valence-corrected chi connectivity index (χ1v) is 4.50. The summed E-state index contributed by atoms with van der Waals surface area (Å²) in [6, 6.07) is 3.41. The largest absolute Gasteiger partial charge is 0.416 e. The van der Waals surface area contributed by atoms with Gasteiger partial charge in [-0.3, -0.25) is 0 Å². The Balaban J connectivity index is 3.23. The van der Waals surface area contributed by atoms with Crippen LogP contribution in [0.4, 0.5) is 13.2 Å². The van der Waals surface area contributed by atoms with E-state index in [2.05, 4.69) is 0 Å². The lowest BCUT2D eigenvalue weighted by Crippen LogP contribution is -2.22. The van der Waals surface area contributed by atoms with E-state index in [1.807, 2.05) is 0 Å². The van der Waals surface area contributed by atoms with Gasteiger partial charge in [-0.25, -0.2) is 0 Å². The van der Waals surface area contributed by atoms with Gasteiger partial charge in [-0.1, -0.05) is 12.1 Å². The van der Waals surface area contributed by atoms with E-state index in [0.29, 0.717) is 5.56 Å². The Morgan fingerprint density at radius 1 is 1.33 bits per heavy atom. The Kier molecular flexibility index (Phi) is 3.36. The third kappa shape index (κ3) is 2.49. The molecule has 0 amide bonds. The summed E-state index contributed by atoms with van der Waals surface area (Å²) in [5, 5.41) is 0. The average Bonchev–Trinajstić information content (AvgIpc) is 2.15. The Labute approximate surface area is 86.1 Å². The van der Waals surface area contributed by atoms with Gasteiger partial charge >= 0.3 is 6.18 Å². The minimum absolute atomic E-state index is 0.127. The molecule has 4 N–H and O–H groups in total. The quantitative estimate of drug-likeness (QED) is 0.797. The van der Waals surface area contributed by atoms with Crippen LogP contribution < -0.4 is 11.5 Å². The van der Waals surface area contributed by atoms with Crippen molar-refractivity contribution in [1.82, 2.24) is 0 Å². The molecule has 5 heteroatoms. The molecule has 1 aromatic rings. The van der Waals surface area contributed by atoms with Crippen molar-refractivity contribution < 1.29 is 13.2 Å². The summed E-state index contributed by atoms with van der Waals surface area (Å²) in [4.78, 5) is 0. The molecule has 0 aromatic heterocycles. The van der Waals surface area contributed by atoms with E-state index in [4.69, 9.17) is 11.5 Å². The Morgan fingerprint density at radius 2 is 1.93 bits per heavy atom. The zero-order chi connectivity index (χ0) is 11.6. The SMILES string of the molecule is Cc1c([C@H](N)CN)cccc1C(F)(F)F. The summed E-state index contributed by atoms with van der Waals surface area (Å²) >= 11 is 0. The van der Waals surface area contributed by atoms with Crippen LogP contribution in [0, 0.1) is 6.92 Å². The highest BCUT2D eigenvalue weighted by Crippen LogP contribution is 2.33. The highest BCUT2D eigenvalue weighted by atomic mass is 19.4. The number of halogens is 3. The highest BCUT2D eigenvalue weighted by molar-refractivity contribution is 5.37. The number of nitrogens with two attached hydrogens (primary N) is 2. The number of hydrogen-bond acceptors (Lipinski definition) is 2. The molecule has 0 unspecified atom stereocenters. The molecule has 0 aliphatic carbocycles. The van der Waals surface area contributed by atoms with Crippen LogP contribution in [-0.2, 0) is 6.18 Å². The Bertz CT molecular complexity index is 347. The first-order chi connectivity index (χ1) is 6.88. The van der Waals surface area contributed by atoms with Gasteiger partial charge in [-0.15, -0.1) is 0 Å². The highest BCUT2D eigenvalue weighted by Gasteiger charge is 2.33. The predicted molar refractivity (Wildman–Crippen MR) is 52.2 cm³/mol. The van der Waals surface area contributed by atoms with Crippen LogP contribution in [-0.4, -0.2) is 6.54 Å². The summed E-state index contributed by atoms with van der Waals surface area (Å²) in [5.41, 5.74) is 10.9. The van der Waals surface area contributed by atoms with E-state index in [-0.39, 0.29) is 12.1 Å². The van der Waals surface area contributed by atoms with Crippen LogP contribution in [0.25, 0.3) is 0 Å². The lowest BCUT2D eigenvalue weighted by atomic mass is 9.97. The molecule has 0 radical (unpaired) electrons. The van der Waals surface area contributed by atoms with Crippen LogP contribution in [0.1, 0.15) is 22.7 Å². The lowest BCUT2D eigenvalue weighted by molar-refractivity contribution is -0.138. The topological polar surface area (TPSA) is 52.0 Å². The maximum absolute atomic E-state index is 12.5. The zero-order valence-electron chi connectivity index (χ0n) is 8.31. The maximum Gasteiger partial charge on any atom is 0.416 e. The van der Waals surface area contributed by atoms with Gasteiger partial charge in [0.2, 0.25) is 0 Å². The number of alkyl halides is 3. The van der Waals surface area contributed by atoms with Crippen LogP contribution in [0.3, 0.4) is 0 Å². The smallest absolute Gasteiger partial charge is 0.329 e. The molecule has 0 bridgehead atoms. The molecule has 15 heavy (non-hydrogen) atoms. The molecule has 1 rings (SSSR count). The van der Waals surface area contributed by atoms with E-state index >= 15 is 0 Å². The first kappa shape index (κ1) is 12.0. The van der Waals surface area contributed by atoms with E-state index in [1.165, 1.54) is 13.0 Å². The minimum atomic E-state index is -4.34. The van der Waals surface area contributed by atoms with Crippen molar-refractivity contribution in [2.24, 2.45) is 11.5 Å². The van der Waals surface area contributed by atoms with Crippen LogP contribution in [0.15, 0.2) is 18.2 Å². The molecular weight excluding hydrogens is 205 g/mol. The number of hydrogen-bond donors (Lipinski definition) is 2. The van der Waals surface area contributed by atoms with Crippen LogP contribution in [0.5, 0.6) is 0 Å². The molecule has 2 nitrogen and oxygen atoms in total. The summed E-state index contributed by atoms with van der Waals surface area (Å²) in [6.07, 6.45) is -4.34. The second-order valence-electron chi connectivity index (χ2n) is 3.36. The van der Waals surface area contributed by atoms with Crippen molar-refractivity contribution in [1.29, 1.82) is 0 Å². The summed E-state index contributed by atoms with van der Waals surface area (Å²) < 4.78 is 37.6. The molecule has 1 aromatic carbocycles. The third-order valence-corrected chi connectivity index (χ3v) is 2.33. The Morgan fingerprint density at radius 3 is 2.40 bits per heavy atom. The van der Waals surface area contributed by atoms with Gasteiger partial charge in [0.05, 0.1) is 5.56 Å². The molecule has 0 aliphatic heterocycles. The van der Waals surface area contributed by atoms with Gasteiger partial charge in [0.1, 0.15) is 0 Å². The van der Waals surface area contributed by atoms with Crippen molar-refractivity contribution in [2.75, 3.05) is 6.54 Å². The lowest BCUT2D eigenvalue weighted by Gasteiger charge is -2.17. The second-order valence-corrected chi connectivity index (χ2v) is 3.36. The summed E-state index contributed by atoms with van der Waals surface area (Å²) in [5.74, 6) is 0. The predicted octanol–water partition coefficient (Wildman–Crippen LogP) is 1.97. The molecule has 0 saturated heterocycles. The molecular formula is C10H13F3N2. The Hall–Kier alpha value is -1.07. The minimum Gasteiger partial charge on any atom is -0.329 e. The number of rotatable bonds is 2. The van der Waals surface area contributed by atoms with Gasteiger partial charge in [-0.2, -0.15) is 13.2 Å². The van der Waals surface area contributed by atoms with Crippen molar-refractivity contribution in [3.63, 3.8) is 0 Å². The average molecular weight is 218 g/mol. The van der Waals surface area contributed by atoms with Gasteiger partial charge in [0.15, 0.2) is 0 Å². The molecule has 0 fully saturated rings. The monoisotopic (exact) mass is 218 g/mol. The van der Waals surface area contributed by atoms with Crippen molar-refractivity contribution in [3.05, 3.63) is 34.9 Å². The van der Waals surface area contributed by atoms with Crippen LogP contribution in [0.2, 0.25) is 0 Å². The summed E-state index contributed by atoms with van der Waals surface area (Å²) in [7, 11) is 0. The first-order valence-electron chi connectivity index (χ1n) is 4.50. The fourth-order valence-corrected chi connectivity index (χ4v) is 1.49. The van der Waals surface area contributed by atoms with Gasteiger partial charge < -0.3 is 11.5 Å². The van der Waals surface area contributed by atoms with Gasteiger partial charge in [0, 0.05) is 12.6 Å². The van der Waals surface area contributed by atoms with Crippen LogP contribution >= 0.6 is 0 Å². The van der Waals surface area contributed by atoms with Gasteiger partial charge in [0.25, 0.3) is 0 Å². The van der Waals surface area contributed by atoms with E-state index in [0.717, 1.165) is 6.07 Å². The molecule has 0 saturated carbocycles. The molecule has 0 aliphatic rings. The van der Waals surface area contributed by atoms with E-state index < -0.39 is 17.8 Å².